The number of rotatable bonds is 5. The van der Waals surface area contributed by atoms with Gasteiger partial charge in [-0.1, -0.05) is 36.4 Å². The Hall–Kier alpha value is -3.71. The number of ether oxygens (including phenoxy) is 3. The first-order chi connectivity index (χ1) is 15.0. The third-order valence-corrected chi connectivity index (χ3v) is 5.12. The molecule has 0 saturated carbocycles. The van der Waals surface area contributed by atoms with Gasteiger partial charge in [-0.15, -0.1) is 0 Å². The van der Waals surface area contributed by atoms with Crippen molar-refractivity contribution in [3.8, 4) is 11.5 Å². The molecule has 3 aromatic rings. The zero-order chi connectivity index (χ0) is 21.8. The van der Waals surface area contributed by atoms with Gasteiger partial charge in [0.1, 0.15) is 0 Å². The van der Waals surface area contributed by atoms with E-state index in [0.29, 0.717) is 22.4 Å². The summed E-state index contributed by atoms with van der Waals surface area (Å²) in [4.78, 5) is 28.9. The lowest BCUT2D eigenvalue weighted by Crippen LogP contribution is -2.09. The monoisotopic (exact) mass is 477 g/mol. The molecule has 0 amide bonds. The molecule has 154 valence electrons. The molecule has 0 spiro atoms. The number of hydrogen-bond acceptors (Lipinski definition) is 6. The maximum atomic E-state index is 12.3. The molecule has 3 aromatic carbocycles. The molecule has 0 saturated heterocycles. The molecular weight excluding hydrogens is 462 g/mol. The topological polar surface area (TPSA) is 74.2 Å². The molecule has 31 heavy (non-hydrogen) atoms. The van der Waals surface area contributed by atoms with Crippen molar-refractivity contribution in [3.63, 3.8) is 0 Å². The van der Waals surface area contributed by atoms with E-state index in [9.17, 15) is 9.59 Å². The van der Waals surface area contributed by atoms with Crippen molar-refractivity contribution in [1.29, 1.82) is 0 Å². The summed E-state index contributed by atoms with van der Waals surface area (Å²) in [5.74, 6) is -0.203. The Morgan fingerprint density at radius 2 is 1.74 bits per heavy atom. The standard InChI is InChI=1S/C24H16BrNO5/c1-29-21-14-15(11-12-20(21)30-23(27)16-7-3-2-4-8-16)13-19-24(28)31-22(26-19)17-9-5-6-10-18(17)25/h2-14H,1H3/b19-13-. The first kappa shape index (κ1) is 20.6. The number of halogens is 1. The van der Waals surface area contributed by atoms with Gasteiger partial charge in [-0.05, 0) is 64.0 Å². The van der Waals surface area contributed by atoms with Crippen LogP contribution in [0.2, 0.25) is 0 Å². The molecule has 4 rings (SSSR count). The summed E-state index contributed by atoms with van der Waals surface area (Å²) < 4.78 is 16.9. The number of esters is 2. The van der Waals surface area contributed by atoms with Crippen LogP contribution in [-0.4, -0.2) is 24.9 Å². The number of methoxy groups -OCH3 is 1. The van der Waals surface area contributed by atoms with Crippen molar-refractivity contribution in [2.75, 3.05) is 7.11 Å². The Labute approximate surface area is 186 Å². The summed E-state index contributed by atoms with van der Waals surface area (Å²) in [5.41, 5.74) is 1.90. The van der Waals surface area contributed by atoms with Gasteiger partial charge >= 0.3 is 11.9 Å². The van der Waals surface area contributed by atoms with Crippen LogP contribution in [0.4, 0.5) is 0 Å². The van der Waals surface area contributed by atoms with E-state index in [1.807, 2.05) is 24.3 Å². The molecule has 0 unspecified atom stereocenters. The van der Waals surface area contributed by atoms with Crippen LogP contribution in [0.25, 0.3) is 6.08 Å². The maximum absolute atomic E-state index is 12.3. The van der Waals surface area contributed by atoms with Gasteiger partial charge in [-0.3, -0.25) is 0 Å². The Kier molecular flexibility index (Phi) is 5.95. The molecule has 0 radical (unpaired) electrons. The Morgan fingerprint density at radius 1 is 1.00 bits per heavy atom. The molecule has 0 aliphatic carbocycles. The van der Waals surface area contributed by atoms with E-state index in [-0.39, 0.29) is 17.3 Å². The van der Waals surface area contributed by atoms with Crippen LogP contribution in [0.1, 0.15) is 21.5 Å². The molecule has 0 atom stereocenters. The van der Waals surface area contributed by atoms with Crippen molar-refractivity contribution in [2.45, 2.75) is 0 Å². The first-order valence-corrected chi connectivity index (χ1v) is 10.1. The van der Waals surface area contributed by atoms with Gasteiger partial charge in [-0.2, -0.15) is 0 Å². The largest absolute Gasteiger partial charge is 0.493 e. The van der Waals surface area contributed by atoms with Crippen LogP contribution in [0, 0.1) is 0 Å². The van der Waals surface area contributed by atoms with Crippen LogP contribution in [-0.2, 0) is 9.53 Å². The van der Waals surface area contributed by atoms with E-state index >= 15 is 0 Å². The average Bonchev–Trinajstić information content (AvgIpc) is 3.15. The second-order valence-corrected chi connectivity index (χ2v) is 7.34. The van der Waals surface area contributed by atoms with Crippen LogP contribution in [0.5, 0.6) is 11.5 Å². The number of carbonyl (C=O) groups is 2. The molecule has 0 bridgehead atoms. The molecule has 0 fully saturated rings. The van der Waals surface area contributed by atoms with Gasteiger partial charge in [0.15, 0.2) is 17.2 Å². The van der Waals surface area contributed by atoms with Crippen LogP contribution in [0.3, 0.4) is 0 Å². The number of cyclic esters (lactones) is 1. The molecular formula is C24H16BrNO5. The van der Waals surface area contributed by atoms with Gasteiger partial charge in [0.2, 0.25) is 5.90 Å². The number of aliphatic imine (C=N–C) groups is 1. The SMILES string of the molecule is COc1cc(/C=C2\N=C(c3ccccc3Br)OC2=O)ccc1OC(=O)c1ccccc1. The van der Waals surface area contributed by atoms with E-state index in [0.717, 1.165) is 4.47 Å². The predicted molar refractivity (Wildman–Crippen MR) is 119 cm³/mol. The average molecular weight is 478 g/mol. The van der Waals surface area contributed by atoms with Crippen LogP contribution >= 0.6 is 15.9 Å². The highest BCUT2D eigenvalue weighted by atomic mass is 79.9. The zero-order valence-electron chi connectivity index (χ0n) is 16.4. The predicted octanol–water partition coefficient (Wildman–Crippen LogP) is 5.02. The molecule has 7 heteroatoms. The van der Waals surface area contributed by atoms with Crippen molar-refractivity contribution in [1.82, 2.24) is 0 Å². The quantitative estimate of drug-likeness (QED) is 0.293. The normalized spacial score (nSPS) is 14.2. The van der Waals surface area contributed by atoms with E-state index in [4.69, 9.17) is 14.2 Å². The van der Waals surface area contributed by atoms with E-state index < -0.39 is 11.9 Å². The van der Waals surface area contributed by atoms with Gasteiger partial charge in [-0.25, -0.2) is 14.6 Å². The van der Waals surface area contributed by atoms with Gasteiger partial charge in [0.05, 0.1) is 18.2 Å². The third-order valence-electron chi connectivity index (χ3n) is 4.43. The Balaban J connectivity index is 1.59. The lowest BCUT2D eigenvalue weighted by molar-refractivity contribution is -0.129. The number of benzene rings is 3. The fraction of sp³-hybridized carbons (Fsp3) is 0.0417. The summed E-state index contributed by atoms with van der Waals surface area (Å²) in [6, 6.07) is 21.0. The highest BCUT2D eigenvalue weighted by Crippen LogP contribution is 2.31. The second-order valence-electron chi connectivity index (χ2n) is 6.48. The van der Waals surface area contributed by atoms with Crippen molar-refractivity contribution in [3.05, 3.63) is 99.7 Å². The first-order valence-electron chi connectivity index (χ1n) is 9.28. The maximum Gasteiger partial charge on any atom is 0.363 e. The molecule has 1 aliphatic heterocycles. The fourth-order valence-electron chi connectivity index (χ4n) is 2.91. The molecule has 1 aliphatic rings. The smallest absolute Gasteiger partial charge is 0.363 e. The lowest BCUT2D eigenvalue weighted by atomic mass is 10.1. The Morgan fingerprint density at radius 3 is 2.48 bits per heavy atom. The van der Waals surface area contributed by atoms with Gasteiger partial charge in [0.25, 0.3) is 0 Å². The summed E-state index contributed by atoms with van der Waals surface area (Å²) in [7, 11) is 1.47. The summed E-state index contributed by atoms with van der Waals surface area (Å²) in [6.45, 7) is 0. The number of hydrogen-bond donors (Lipinski definition) is 0. The van der Waals surface area contributed by atoms with Gasteiger partial charge < -0.3 is 14.2 Å². The van der Waals surface area contributed by atoms with Crippen LogP contribution < -0.4 is 9.47 Å². The molecule has 1 heterocycles. The number of carbonyl (C=O) groups excluding carboxylic acids is 2. The van der Waals surface area contributed by atoms with E-state index in [1.165, 1.54) is 7.11 Å². The van der Waals surface area contributed by atoms with Crippen molar-refractivity contribution >= 4 is 39.8 Å². The summed E-state index contributed by atoms with van der Waals surface area (Å²) >= 11 is 3.43. The minimum atomic E-state index is -0.552. The van der Waals surface area contributed by atoms with E-state index in [1.54, 1.807) is 54.6 Å². The Bertz CT molecular complexity index is 1220. The highest BCUT2D eigenvalue weighted by Gasteiger charge is 2.25. The van der Waals surface area contributed by atoms with Crippen LogP contribution in [0.15, 0.2) is 88.0 Å². The minimum absolute atomic E-state index is 0.154. The summed E-state index contributed by atoms with van der Waals surface area (Å²) in [5, 5.41) is 0. The van der Waals surface area contributed by atoms with Crippen molar-refractivity contribution in [2.24, 2.45) is 4.99 Å². The lowest BCUT2D eigenvalue weighted by Gasteiger charge is -2.10. The van der Waals surface area contributed by atoms with Gasteiger partial charge in [0, 0.05) is 4.47 Å². The summed E-state index contributed by atoms with van der Waals surface area (Å²) in [6.07, 6.45) is 1.58. The molecule has 0 aromatic heterocycles. The number of nitrogens with zero attached hydrogens (tertiary/aromatic N) is 1. The van der Waals surface area contributed by atoms with Crippen molar-refractivity contribution < 1.29 is 23.8 Å². The minimum Gasteiger partial charge on any atom is -0.493 e. The van der Waals surface area contributed by atoms with E-state index in [2.05, 4.69) is 20.9 Å². The zero-order valence-corrected chi connectivity index (χ0v) is 18.0. The fourth-order valence-corrected chi connectivity index (χ4v) is 3.36. The molecule has 0 N–H and O–H groups in total. The molecule has 6 nitrogen and oxygen atoms in total. The second kappa shape index (κ2) is 8.97. The highest BCUT2D eigenvalue weighted by molar-refractivity contribution is 9.10. The third kappa shape index (κ3) is 4.57.